The second kappa shape index (κ2) is 7.52. The molecule has 0 aliphatic carbocycles. The number of rotatable bonds is 5. The van der Waals surface area contributed by atoms with E-state index >= 15 is 0 Å². The number of carbonyl (C=O) groups excluding carboxylic acids is 1. The molecular weight excluding hydrogens is 328 g/mol. The lowest BCUT2D eigenvalue weighted by Crippen LogP contribution is -2.17. The van der Waals surface area contributed by atoms with Crippen molar-refractivity contribution < 1.29 is 14.1 Å². The Kier molecular flexibility index (Phi) is 5.16. The summed E-state index contributed by atoms with van der Waals surface area (Å²) in [6.07, 6.45) is 0. The van der Waals surface area contributed by atoms with Crippen LogP contribution in [0.15, 0.2) is 65.2 Å². The van der Waals surface area contributed by atoms with Gasteiger partial charge in [0.15, 0.2) is 12.4 Å². The zero-order valence-electron chi connectivity index (χ0n) is 15.2. The van der Waals surface area contributed by atoms with Crippen LogP contribution >= 0.6 is 0 Å². The maximum atomic E-state index is 12.8. The molecule has 1 aromatic heterocycles. The molecule has 0 aliphatic rings. The average Bonchev–Trinajstić information content (AvgIpc) is 3.12. The second-order valence-electron chi connectivity index (χ2n) is 7.12. The molecule has 134 valence electrons. The highest BCUT2D eigenvalue weighted by molar-refractivity contribution is 5.82. The first kappa shape index (κ1) is 17.9. The minimum atomic E-state index is -0.498. The Morgan fingerprint density at radius 3 is 2.00 bits per heavy atom. The fourth-order valence-electron chi connectivity index (χ4n) is 2.59. The Morgan fingerprint density at radius 2 is 1.54 bits per heavy atom. The van der Waals surface area contributed by atoms with E-state index in [1.165, 1.54) is 0 Å². The third kappa shape index (κ3) is 4.17. The van der Waals surface area contributed by atoms with E-state index in [0.29, 0.717) is 11.7 Å². The summed E-state index contributed by atoms with van der Waals surface area (Å²) in [7, 11) is 0. The molecule has 5 heteroatoms. The topological polar surface area (TPSA) is 65.2 Å². The van der Waals surface area contributed by atoms with E-state index in [0.717, 1.165) is 11.1 Å². The van der Waals surface area contributed by atoms with Crippen molar-refractivity contribution in [3.8, 4) is 0 Å². The van der Waals surface area contributed by atoms with E-state index in [1.807, 2.05) is 81.4 Å². The van der Waals surface area contributed by atoms with E-state index in [2.05, 4.69) is 10.1 Å². The molecule has 2 aromatic carbocycles. The molecule has 1 heterocycles. The predicted molar refractivity (Wildman–Crippen MR) is 97.5 cm³/mol. The van der Waals surface area contributed by atoms with Gasteiger partial charge < -0.3 is 9.26 Å². The minimum Gasteiger partial charge on any atom is -0.455 e. The van der Waals surface area contributed by atoms with Crippen LogP contribution in [0.4, 0.5) is 0 Å². The van der Waals surface area contributed by atoms with Gasteiger partial charge in [-0.25, -0.2) is 0 Å². The zero-order chi connectivity index (χ0) is 18.6. The maximum Gasteiger partial charge on any atom is 0.318 e. The Balaban J connectivity index is 1.77. The van der Waals surface area contributed by atoms with Crippen LogP contribution < -0.4 is 0 Å². The van der Waals surface area contributed by atoms with Gasteiger partial charge in [-0.05, 0) is 11.1 Å². The number of hydrogen-bond donors (Lipinski definition) is 0. The van der Waals surface area contributed by atoms with Crippen LogP contribution in [0, 0.1) is 0 Å². The van der Waals surface area contributed by atoms with Gasteiger partial charge in [0.25, 0.3) is 5.89 Å². The molecule has 5 nitrogen and oxygen atoms in total. The van der Waals surface area contributed by atoms with Gasteiger partial charge in [0.1, 0.15) is 5.92 Å². The van der Waals surface area contributed by atoms with E-state index in [4.69, 9.17) is 9.26 Å². The quantitative estimate of drug-likeness (QED) is 0.644. The third-order valence-electron chi connectivity index (χ3n) is 3.98. The van der Waals surface area contributed by atoms with Gasteiger partial charge in [-0.3, -0.25) is 4.79 Å². The minimum absolute atomic E-state index is 0.0436. The van der Waals surface area contributed by atoms with Crippen LogP contribution in [0.1, 0.15) is 49.5 Å². The molecule has 0 spiro atoms. The molecule has 0 aliphatic heterocycles. The Labute approximate surface area is 153 Å². The van der Waals surface area contributed by atoms with Gasteiger partial charge in [-0.15, -0.1) is 0 Å². The highest BCUT2D eigenvalue weighted by Crippen LogP contribution is 2.26. The summed E-state index contributed by atoms with van der Waals surface area (Å²) in [5.41, 5.74) is 1.54. The van der Waals surface area contributed by atoms with Gasteiger partial charge in [0.05, 0.1) is 0 Å². The molecule has 3 aromatic rings. The molecule has 0 fully saturated rings. The first-order valence-corrected chi connectivity index (χ1v) is 8.55. The van der Waals surface area contributed by atoms with Crippen molar-refractivity contribution >= 4 is 5.97 Å². The van der Waals surface area contributed by atoms with Crippen LogP contribution in [-0.2, 0) is 21.6 Å². The first-order valence-electron chi connectivity index (χ1n) is 8.55. The van der Waals surface area contributed by atoms with Gasteiger partial charge in [0, 0.05) is 5.41 Å². The summed E-state index contributed by atoms with van der Waals surface area (Å²) in [6, 6.07) is 19.2. The zero-order valence-corrected chi connectivity index (χ0v) is 15.2. The number of benzene rings is 2. The molecule has 0 bridgehead atoms. The van der Waals surface area contributed by atoms with Crippen molar-refractivity contribution in [2.45, 2.75) is 38.7 Å². The standard InChI is InChI=1S/C21H22N2O3/c1-21(2,3)20-22-17(26-23-20)14-25-19(24)18(15-10-6-4-7-11-15)16-12-8-5-9-13-16/h4-13,18H,14H2,1-3H3. The fraction of sp³-hybridized carbons (Fsp3) is 0.286. The molecule has 3 rings (SSSR count). The third-order valence-corrected chi connectivity index (χ3v) is 3.98. The molecule has 0 radical (unpaired) electrons. The number of hydrogen-bond acceptors (Lipinski definition) is 5. The van der Waals surface area contributed by atoms with Crippen LogP contribution in [0.5, 0.6) is 0 Å². The number of esters is 1. The molecular formula is C21H22N2O3. The van der Waals surface area contributed by atoms with Crippen molar-refractivity contribution in [2.24, 2.45) is 0 Å². The molecule has 0 atom stereocenters. The first-order chi connectivity index (χ1) is 12.4. The molecule has 0 unspecified atom stereocenters. The lowest BCUT2D eigenvalue weighted by molar-refractivity contribution is -0.146. The van der Waals surface area contributed by atoms with Gasteiger partial charge in [-0.1, -0.05) is 86.6 Å². The van der Waals surface area contributed by atoms with Crippen LogP contribution in [0.3, 0.4) is 0 Å². The Morgan fingerprint density at radius 1 is 1.00 bits per heavy atom. The van der Waals surface area contributed by atoms with E-state index in [9.17, 15) is 4.79 Å². The van der Waals surface area contributed by atoms with Crippen molar-refractivity contribution in [3.63, 3.8) is 0 Å². The molecule has 26 heavy (non-hydrogen) atoms. The highest BCUT2D eigenvalue weighted by atomic mass is 16.6. The van der Waals surface area contributed by atoms with E-state index < -0.39 is 5.92 Å². The van der Waals surface area contributed by atoms with Crippen LogP contribution in [0.2, 0.25) is 0 Å². The monoisotopic (exact) mass is 350 g/mol. The summed E-state index contributed by atoms with van der Waals surface area (Å²) in [5, 5.41) is 3.95. The Hall–Kier alpha value is -2.95. The van der Waals surface area contributed by atoms with Gasteiger partial charge >= 0.3 is 5.97 Å². The summed E-state index contributed by atoms with van der Waals surface area (Å²) in [5.74, 6) is 0.0367. The maximum absolute atomic E-state index is 12.8. The van der Waals surface area contributed by atoms with Crippen molar-refractivity contribution in [1.29, 1.82) is 0 Å². The van der Waals surface area contributed by atoms with Gasteiger partial charge in [-0.2, -0.15) is 4.98 Å². The van der Waals surface area contributed by atoms with Crippen LogP contribution in [0.25, 0.3) is 0 Å². The second-order valence-corrected chi connectivity index (χ2v) is 7.12. The number of nitrogens with zero attached hydrogens (tertiary/aromatic N) is 2. The molecule has 0 saturated carbocycles. The summed E-state index contributed by atoms with van der Waals surface area (Å²) in [6.45, 7) is 5.94. The van der Waals surface area contributed by atoms with Crippen LogP contribution in [-0.4, -0.2) is 16.1 Å². The number of aromatic nitrogens is 2. The Bertz CT molecular complexity index is 812. The van der Waals surface area contributed by atoms with Gasteiger partial charge in [0.2, 0.25) is 0 Å². The largest absolute Gasteiger partial charge is 0.455 e. The predicted octanol–water partition coefficient (Wildman–Crippen LogP) is 4.24. The summed E-state index contributed by atoms with van der Waals surface area (Å²) < 4.78 is 10.7. The lowest BCUT2D eigenvalue weighted by atomic mass is 9.91. The SMILES string of the molecule is CC(C)(C)c1noc(COC(=O)C(c2ccccc2)c2ccccc2)n1. The summed E-state index contributed by atoms with van der Waals surface area (Å²) in [4.78, 5) is 17.1. The molecule has 0 saturated heterocycles. The number of carbonyl (C=O) groups is 1. The normalized spacial score (nSPS) is 11.5. The van der Waals surface area contributed by atoms with E-state index in [-0.39, 0.29) is 18.0 Å². The van der Waals surface area contributed by atoms with Crippen molar-refractivity contribution in [2.75, 3.05) is 0 Å². The van der Waals surface area contributed by atoms with E-state index in [1.54, 1.807) is 0 Å². The van der Waals surface area contributed by atoms with Crippen molar-refractivity contribution in [1.82, 2.24) is 10.1 Å². The summed E-state index contributed by atoms with van der Waals surface area (Å²) >= 11 is 0. The van der Waals surface area contributed by atoms with Crippen molar-refractivity contribution in [3.05, 3.63) is 83.5 Å². The highest BCUT2D eigenvalue weighted by Gasteiger charge is 2.26. The molecule has 0 amide bonds. The average molecular weight is 350 g/mol. The fourth-order valence-corrected chi connectivity index (χ4v) is 2.59. The number of ether oxygens (including phenoxy) is 1. The smallest absolute Gasteiger partial charge is 0.318 e. The lowest BCUT2D eigenvalue weighted by Gasteiger charge is -2.16. The molecule has 0 N–H and O–H groups in total.